The van der Waals surface area contributed by atoms with Gasteiger partial charge in [-0.15, -0.1) is 0 Å². The third-order valence-corrected chi connectivity index (χ3v) is 2.72. The molecule has 84 valence electrons. The van der Waals surface area contributed by atoms with Crippen LogP contribution in [0.25, 0.3) is 0 Å². The molecule has 1 aliphatic heterocycles. The number of carboxylic acids is 1. The highest BCUT2D eigenvalue weighted by Gasteiger charge is 2.21. The third kappa shape index (κ3) is 3.38. The van der Waals surface area contributed by atoms with Crippen molar-refractivity contribution in [3.05, 3.63) is 11.6 Å². The van der Waals surface area contributed by atoms with E-state index >= 15 is 0 Å². The van der Waals surface area contributed by atoms with Crippen LogP contribution in [0.15, 0.2) is 11.6 Å². The van der Waals surface area contributed by atoms with Crippen molar-refractivity contribution in [2.45, 2.75) is 26.7 Å². The summed E-state index contributed by atoms with van der Waals surface area (Å²) in [5, 5.41) is 8.65. The van der Waals surface area contributed by atoms with Crippen molar-refractivity contribution >= 4 is 11.9 Å². The van der Waals surface area contributed by atoms with E-state index in [1.165, 1.54) is 0 Å². The second-order valence-corrected chi connectivity index (χ2v) is 4.13. The molecule has 1 fully saturated rings. The van der Waals surface area contributed by atoms with Crippen molar-refractivity contribution in [2.75, 3.05) is 13.1 Å². The van der Waals surface area contributed by atoms with Crippen LogP contribution in [-0.4, -0.2) is 35.0 Å². The number of hydrogen-bond donors (Lipinski definition) is 1. The molecule has 1 heterocycles. The molecule has 1 saturated heterocycles. The molecule has 1 amide bonds. The van der Waals surface area contributed by atoms with Crippen molar-refractivity contribution in [2.24, 2.45) is 5.92 Å². The van der Waals surface area contributed by atoms with Crippen molar-refractivity contribution < 1.29 is 14.7 Å². The quantitative estimate of drug-likeness (QED) is 0.715. The number of hydrogen-bond acceptors (Lipinski definition) is 2. The number of carbonyl (C=O) groups is 2. The molecular formula is C11H17NO3. The molecule has 1 atom stereocenters. The summed E-state index contributed by atoms with van der Waals surface area (Å²) in [6.07, 6.45) is 3.18. The fraction of sp³-hybridized carbons (Fsp3) is 0.636. The summed E-state index contributed by atoms with van der Waals surface area (Å²) in [4.78, 5) is 23.8. The van der Waals surface area contributed by atoms with Gasteiger partial charge in [-0.1, -0.05) is 13.0 Å². The Labute approximate surface area is 89.6 Å². The zero-order chi connectivity index (χ0) is 11.4. The van der Waals surface area contributed by atoms with Gasteiger partial charge in [-0.05, 0) is 19.3 Å². The molecule has 0 radical (unpaired) electrons. The normalized spacial score (nSPS) is 23.1. The average molecular weight is 211 g/mol. The van der Waals surface area contributed by atoms with Crippen LogP contribution in [0.5, 0.6) is 0 Å². The van der Waals surface area contributed by atoms with Gasteiger partial charge in [-0.25, -0.2) is 4.79 Å². The fourth-order valence-electron chi connectivity index (χ4n) is 1.56. The summed E-state index contributed by atoms with van der Waals surface area (Å²) in [6, 6.07) is 0. The Morgan fingerprint density at radius 3 is 2.87 bits per heavy atom. The highest BCUT2D eigenvalue weighted by Crippen LogP contribution is 2.17. The van der Waals surface area contributed by atoms with E-state index < -0.39 is 5.97 Å². The number of rotatable bonds is 3. The van der Waals surface area contributed by atoms with E-state index in [0.29, 0.717) is 24.5 Å². The maximum Gasteiger partial charge on any atom is 0.331 e. The largest absolute Gasteiger partial charge is 0.478 e. The SMILES string of the molecule is C/C(=C/CN1CCC(C)CC1=O)C(=O)O. The van der Waals surface area contributed by atoms with Crippen LogP contribution in [-0.2, 0) is 9.59 Å². The van der Waals surface area contributed by atoms with Gasteiger partial charge in [0.15, 0.2) is 0 Å². The number of aliphatic carboxylic acids is 1. The van der Waals surface area contributed by atoms with E-state index in [1.54, 1.807) is 17.9 Å². The lowest BCUT2D eigenvalue weighted by Crippen LogP contribution is -2.38. The second kappa shape index (κ2) is 4.96. The molecule has 0 aromatic rings. The molecule has 0 saturated carbocycles. The van der Waals surface area contributed by atoms with Gasteiger partial charge in [0.05, 0.1) is 0 Å². The number of amides is 1. The predicted molar refractivity (Wildman–Crippen MR) is 56.4 cm³/mol. The zero-order valence-corrected chi connectivity index (χ0v) is 9.19. The molecule has 1 aliphatic rings. The minimum absolute atomic E-state index is 0.128. The Kier molecular flexibility index (Phi) is 3.88. The van der Waals surface area contributed by atoms with Crippen LogP contribution < -0.4 is 0 Å². The first kappa shape index (κ1) is 11.8. The topological polar surface area (TPSA) is 57.6 Å². The molecule has 0 aromatic heterocycles. The molecule has 4 nitrogen and oxygen atoms in total. The third-order valence-electron chi connectivity index (χ3n) is 2.72. The van der Waals surface area contributed by atoms with Crippen molar-refractivity contribution in [1.29, 1.82) is 0 Å². The summed E-state index contributed by atoms with van der Waals surface area (Å²) in [6.45, 7) is 4.76. The molecular weight excluding hydrogens is 194 g/mol. The van der Waals surface area contributed by atoms with Gasteiger partial charge in [0.1, 0.15) is 0 Å². The minimum atomic E-state index is -0.923. The Morgan fingerprint density at radius 1 is 1.67 bits per heavy atom. The Hall–Kier alpha value is -1.32. The summed E-state index contributed by atoms with van der Waals surface area (Å²) in [7, 11) is 0. The van der Waals surface area contributed by atoms with E-state index in [1.807, 2.05) is 0 Å². The van der Waals surface area contributed by atoms with Gasteiger partial charge in [-0.3, -0.25) is 4.79 Å². The Balaban J connectivity index is 2.49. The van der Waals surface area contributed by atoms with Gasteiger partial charge in [-0.2, -0.15) is 0 Å². The standard InChI is InChI=1S/C11H17NO3/c1-8-3-5-12(10(13)7-8)6-4-9(2)11(14)15/h4,8H,3,5-7H2,1-2H3,(H,14,15)/b9-4-. The highest BCUT2D eigenvalue weighted by atomic mass is 16.4. The molecule has 4 heteroatoms. The van der Waals surface area contributed by atoms with Crippen LogP contribution in [0.1, 0.15) is 26.7 Å². The van der Waals surface area contributed by atoms with Crippen LogP contribution >= 0.6 is 0 Å². The lowest BCUT2D eigenvalue weighted by Gasteiger charge is -2.29. The summed E-state index contributed by atoms with van der Waals surface area (Å²) in [5.41, 5.74) is 0.293. The predicted octanol–water partition coefficient (Wildman–Crippen LogP) is 1.28. The van der Waals surface area contributed by atoms with Gasteiger partial charge in [0.25, 0.3) is 0 Å². The smallest absolute Gasteiger partial charge is 0.331 e. The van der Waals surface area contributed by atoms with Gasteiger partial charge in [0, 0.05) is 25.1 Å². The Bertz CT molecular complexity index is 296. The fourth-order valence-corrected chi connectivity index (χ4v) is 1.56. The van der Waals surface area contributed by atoms with Gasteiger partial charge in [0.2, 0.25) is 5.91 Å². The lowest BCUT2D eigenvalue weighted by atomic mass is 9.98. The second-order valence-electron chi connectivity index (χ2n) is 4.13. The van der Waals surface area contributed by atoms with Crippen LogP contribution in [0.3, 0.4) is 0 Å². The molecule has 15 heavy (non-hydrogen) atoms. The highest BCUT2D eigenvalue weighted by molar-refractivity contribution is 5.86. The average Bonchev–Trinajstić information content (AvgIpc) is 2.15. The van der Waals surface area contributed by atoms with E-state index in [4.69, 9.17) is 5.11 Å². The molecule has 0 aliphatic carbocycles. The van der Waals surface area contributed by atoms with E-state index in [-0.39, 0.29) is 5.91 Å². The maximum atomic E-state index is 11.5. The van der Waals surface area contributed by atoms with Crippen molar-refractivity contribution in [1.82, 2.24) is 4.90 Å². The number of carboxylic acid groups (broad SMARTS) is 1. The van der Waals surface area contributed by atoms with Crippen LogP contribution in [0.4, 0.5) is 0 Å². The number of likely N-dealkylation sites (tertiary alicyclic amines) is 1. The van der Waals surface area contributed by atoms with E-state index in [2.05, 4.69) is 6.92 Å². The Morgan fingerprint density at radius 2 is 2.33 bits per heavy atom. The first-order chi connectivity index (χ1) is 7.00. The van der Waals surface area contributed by atoms with E-state index in [0.717, 1.165) is 13.0 Å². The van der Waals surface area contributed by atoms with Crippen LogP contribution in [0.2, 0.25) is 0 Å². The maximum absolute atomic E-state index is 11.5. The molecule has 1 N–H and O–H groups in total. The number of piperidine rings is 1. The number of nitrogens with zero attached hydrogens (tertiary/aromatic N) is 1. The van der Waals surface area contributed by atoms with Crippen molar-refractivity contribution in [3.8, 4) is 0 Å². The summed E-state index contributed by atoms with van der Waals surface area (Å²) >= 11 is 0. The van der Waals surface area contributed by atoms with Crippen LogP contribution in [0, 0.1) is 5.92 Å². The number of carbonyl (C=O) groups excluding carboxylic acids is 1. The molecule has 1 rings (SSSR count). The van der Waals surface area contributed by atoms with Gasteiger partial charge < -0.3 is 10.0 Å². The zero-order valence-electron chi connectivity index (χ0n) is 9.19. The van der Waals surface area contributed by atoms with Gasteiger partial charge >= 0.3 is 5.97 Å². The monoisotopic (exact) mass is 211 g/mol. The summed E-state index contributed by atoms with van der Waals surface area (Å²) < 4.78 is 0. The van der Waals surface area contributed by atoms with E-state index in [9.17, 15) is 9.59 Å². The first-order valence-electron chi connectivity index (χ1n) is 5.18. The molecule has 1 unspecified atom stereocenters. The lowest BCUT2D eigenvalue weighted by molar-refractivity contribution is -0.135. The first-order valence-corrected chi connectivity index (χ1v) is 5.18. The molecule has 0 spiro atoms. The molecule has 0 aromatic carbocycles. The molecule has 0 bridgehead atoms. The van der Waals surface area contributed by atoms with Crippen molar-refractivity contribution in [3.63, 3.8) is 0 Å². The summed E-state index contributed by atoms with van der Waals surface area (Å²) in [5.74, 6) is -0.339. The minimum Gasteiger partial charge on any atom is -0.478 e.